The zero-order valence-corrected chi connectivity index (χ0v) is 14.5. The van der Waals surface area contributed by atoms with Gasteiger partial charge in [0.05, 0.1) is 5.56 Å². The number of alkyl halides is 2. The number of carbonyl (C=O) groups is 1. The lowest BCUT2D eigenvalue weighted by molar-refractivity contribution is -0.0494. The summed E-state index contributed by atoms with van der Waals surface area (Å²) in [7, 11) is 3.68. The smallest absolute Gasteiger partial charge is 0.255 e. The van der Waals surface area contributed by atoms with Crippen LogP contribution in [0, 0.1) is 6.92 Å². The third-order valence-electron chi connectivity index (χ3n) is 4.36. The molecular weight excluding hydrogens is 328 g/mol. The predicted molar refractivity (Wildman–Crippen MR) is 91.0 cm³/mol. The Hall–Kier alpha value is -2.51. The van der Waals surface area contributed by atoms with Gasteiger partial charge in [0.25, 0.3) is 11.8 Å². The quantitative estimate of drug-likeness (QED) is 0.925. The maximum absolute atomic E-state index is 13.3. The van der Waals surface area contributed by atoms with E-state index in [2.05, 4.69) is 15.2 Å². The minimum atomic E-state index is -2.67. The van der Waals surface area contributed by atoms with E-state index in [-0.39, 0.29) is 31.8 Å². The number of aromatic nitrogens is 3. The number of anilines is 1. The van der Waals surface area contributed by atoms with E-state index in [0.29, 0.717) is 22.9 Å². The lowest BCUT2D eigenvalue weighted by Gasteiger charge is -2.32. The van der Waals surface area contributed by atoms with Crippen LogP contribution >= 0.6 is 0 Å². The van der Waals surface area contributed by atoms with Crippen LogP contribution in [-0.2, 0) is 0 Å². The molecule has 0 radical (unpaired) electrons. The van der Waals surface area contributed by atoms with Crippen molar-refractivity contribution in [3.63, 3.8) is 0 Å². The number of rotatable bonds is 3. The Labute approximate surface area is 144 Å². The number of aromatic amines is 1. The van der Waals surface area contributed by atoms with Gasteiger partial charge in [-0.1, -0.05) is 6.07 Å². The first-order valence-corrected chi connectivity index (χ1v) is 8.15. The summed E-state index contributed by atoms with van der Waals surface area (Å²) in [5.74, 6) is -1.57. The van der Waals surface area contributed by atoms with E-state index in [1.54, 1.807) is 12.1 Å². The number of nitrogens with zero attached hydrogens (tertiary/aromatic N) is 4. The minimum absolute atomic E-state index is 0.0712. The van der Waals surface area contributed by atoms with Crippen LogP contribution in [0.3, 0.4) is 0 Å². The summed E-state index contributed by atoms with van der Waals surface area (Å²) in [6, 6.07) is 5.36. The molecule has 1 amide bonds. The number of aryl methyl sites for hydroxylation is 1. The second kappa shape index (κ2) is 6.42. The summed E-state index contributed by atoms with van der Waals surface area (Å²) in [5, 5.41) is 8.01. The molecule has 134 valence electrons. The number of benzene rings is 1. The SMILES string of the molecule is Cc1nnc(-c2ccc(C(=O)N3CCC(F)(F)CC3)c(N(C)C)c2)[nH]1. The van der Waals surface area contributed by atoms with Gasteiger partial charge in [-0.05, 0) is 19.1 Å². The van der Waals surface area contributed by atoms with Crippen molar-refractivity contribution in [1.29, 1.82) is 0 Å². The highest BCUT2D eigenvalue weighted by molar-refractivity contribution is 6.00. The van der Waals surface area contributed by atoms with E-state index in [0.717, 1.165) is 5.56 Å². The van der Waals surface area contributed by atoms with Crippen LogP contribution in [0.5, 0.6) is 0 Å². The molecule has 1 N–H and O–H groups in total. The monoisotopic (exact) mass is 349 g/mol. The number of nitrogens with one attached hydrogen (secondary N) is 1. The molecule has 1 aliphatic rings. The number of H-pyrrole nitrogens is 1. The van der Waals surface area contributed by atoms with Crippen LogP contribution in [0.1, 0.15) is 29.0 Å². The second-order valence-corrected chi connectivity index (χ2v) is 6.53. The van der Waals surface area contributed by atoms with Crippen molar-refractivity contribution in [2.75, 3.05) is 32.1 Å². The Morgan fingerprint density at radius 3 is 2.48 bits per heavy atom. The average Bonchev–Trinajstić information content (AvgIpc) is 3.00. The van der Waals surface area contributed by atoms with Crippen molar-refractivity contribution in [3.05, 3.63) is 29.6 Å². The van der Waals surface area contributed by atoms with Gasteiger partial charge in [-0.3, -0.25) is 4.79 Å². The minimum Gasteiger partial charge on any atom is -0.377 e. The van der Waals surface area contributed by atoms with Crippen molar-refractivity contribution in [3.8, 4) is 11.4 Å². The van der Waals surface area contributed by atoms with Crippen molar-refractivity contribution in [2.24, 2.45) is 0 Å². The molecule has 1 saturated heterocycles. The molecule has 6 nitrogen and oxygen atoms in total. The lowest BCUT2D eigenvalue weighted by Crippen LogP contribution is -2.43. The summed E-state index contributed by atoms with van der Waals surface area (Å²) >= 11 is 0. The van der Waals surface area contributed by atoms with Gasteiger partial charge in [0.15, 0.2) is 5.82 Å². The van der Waals surface area contributed by atoms with Gasteiger partial charge in [0.2, 0.25) is 0 Å². The normalized spacial score (nSPS) is 16.8. The van der Waals surface area contributed by atoms with Crippen LogP contribution < -0.4 is 4.90 Å². The topological polar surface area (TPSA) is 65.1 Å². The first-order valence-electron chi connectivity index (χ1n) is 8.15. The molecule has 2 heterocycles. The molecule has 25 heavy (non-hydrogen) atoms. The standard InChI is InChI=1S/C17H21F2N5O/c1-11-20-15(22-21-11)12-4-5-13(14(10-12)23(2)3)16(25)24-8-6-17(18,19)7-9-24/h4-5,10H,6-9H2,1-3H3,(H,20,21,22). The Morgan fingerprint density at radius 1 is 1.24 bits per heavy atom. The summed E-state index contributed by atoms with van der Waals surface area (Å²) in [5.41, 5.74) is 2.02. The summed E-state index contributed by atoms with van der Waals surface area (Å²) in [4.78, 5) is 19.2. The highest BCUT2D eigenvalue weighted by Gasteiger charge is 2.36. The van der Waals surface area contributed by atoms with Gasteiger partial charge in [-0.25, -0.2) is 8.78 Å². The fraction of sp³-hybridized carbons (Fsp3) is 0.471. The first kappa shape index (κ1) is 17.3. The van der Waals surface area contributed by atoms with Crippen molar-refractivity contribution >= 4 is 11.6 Å². The second-order valence-electron chi connectivity index (χ2n) is 6.53. The number of amides is 1. The molecular formula is C17H21F2N5O. The molecule has 0 bridgehead atoms. The van der Waals surface area contributed by atoms with Crippen molar-refractivity contribution in [2.45, 2.75) is 25.7 Å². The third kappa shape index (κ3) is 3.62. The Kier molecular flexibility index (Phi) is 4.45. The molecule has 3 rings (SSSR count). The number of hydrogen-bond donors (Lipinski definition) is 1. The highest BCUT2D eigenvalue weighted by atomic mass is 19.3. The fourth-order valence-corrected chi connectivity index (χ4v) is 2.91. The van der Waals surface area contributed by atoms with Crippen LogP contribution in [0.2, 0.25) is 0 Å². The Balaban J connectivity index is 1.89. The van der Waals surface area contributed by atoms with Crippen LogP contribution in [-0.4, -0.2) is 59.1 Å². The molecule has 1 aliphatic heterocycles. The van der Waals surface area contributed by atoms with Gasteiger partial charge in [-0.2, -0.15) is 0 Å². The summed E-state index contributed by atoms with van der Waals surface area (Å²) in [6.07, 6.45) is -0.572. The molecule has 0 aliphatic carbocycles. The van der Waals surface area contributed by atoms with Gasteiger partial charge in [-0.15, -0.1) is 10.2 Å². The van der Waals surface area contributed by atoms with Gasteiger partial charge in [0.1, 0.15) is 5.82 Å². The summed E-state index contributed by atoms with van der Waals surface area (Å²) < 4.78 is 26.7. The maximum Gasteiger partial charge on any atom is 0.255 e. The molecule has 0 spiro atoms. The molecule has 2 aromatic rings. The third-order valence-corrected chi connectivity index (χ3v) is 4.36. The van der Waals surface area contributed by atoms with E-state index in [1.165, 1.54) is 4.90 Å². The largest absolute Gasteiger partial charge is 0.377 e. The number of likely N-dealkylation sites (tertiary alicyclic amines) is 1. The molecule has 0 atom stereocenters. The van der Waals surface area contributed by atoms with E-state index in [1.807, 2.05) is 32.0 Å². The zero-order valence-electron chi connectivity index (χ0n) is 14.5. The van der Waals surface area contributed by atoms with Crippen LogP contribution in [0.4, 0.5) is 14.5 Å². The number of piperidine rings is 1. The van der Waals surface area contributed by atoms with Crippen molar-refractivity contribution in [1.82, 2.24) is 20.1 Å². The zero-order chi connectivity index (χ0) is 18.2. The lowest BCUT2D eigenvalue weighted by atomic mass is 10.0. The Morgan fingerprint density at radius 2 is 1.92 bits per heavy atom. The van der Waals surface area contributed by atoms with E-state index < -0.39 is 5.92 Å². The number of halogens is 2. The maximum atomic E-state index is 13.3. The molecule has 1 aromatic heterocycles. The fourth-order valence-electron chi connectivity index (χ4n) is 2.91. The average molecular weight is 349 g/mol. The Bertz CT molecular complexity index is 777. The van der Waals surface area contributed by atoms with E-state index in [9.17, 15) is 13.6 Å². The molecule has 0 saturated carbocycles. The van der Waals surface area contributed by atoms with E-state index in [4.69, 9.17) is 0 Å². The van der Waals surface area contributed by atoms with Gasteiger partial charge >= 0.3 is 0 Å². The molecule has 8 heteroatoms. The van der Waals surface area contributed by atoms with Crippen LogP contribution in [0.15, 0.2) is 18.2 Å². The first-order chi connectivity index (χ1) is 11.8. The summed E-state index contributed by atoms with van der Waals surface area (Å²) in [6.45, 7) is 1.96. The molecule has 1 aromatic carbocycles. The molecule has 0 unspecified atom stereocenters. The van der Waals surface area contributed by atoms with Gasteiger partial charge < -0.3 is 14.8 Å². The number of carbonyl (C=O) groups excluding carboxylic acids is 1. The van der Waals surface area contributed by atoms with E-state index >= 15 is 0 Å². The predicted octanol–water partition coefficient (Wildman–Crippen LogP) is 2.72. The highest BCUT2D eigenvalue weighted by Crippen LogP contribution is 2.31. The van der Waals surface area contributed by atoms with Crippen LogP contribution in [0.25, 0.3) is 11.4 Å². The molecule has 1 fully saturated rings. The number of hydrogen-bond acceptors (Lipinski definition) is 4. The van der Waals surface area contributed by atoms with Gasteiger partial charge in [0, 0.05) is 51.3 Å². The van der Waals surface area contributed by atoms with Crippen molar-refractivity contribution < 1.29 is 13.6 Å².